The molecule has 0 N–H and O–H groups in total. The number of rotatable bonds is 2. The summed E-state index contributed by atoms with van der Waals surface area (Å²) in [6.45, 7) is 28.3. The van der Waals surface area contributed by atoms with Crippen LogP contribution in [0.5, 0.6) is 0 Å². The quantitative estimate of drug-likeness (QED) is 0.164. The van der Waals surface area contributed by atoms with Crippen molar-refractivity contribution in [3.05, 3.63) is 124 Å². The molecule has 0 saturated carbocycles. The summed E-state index contributed by atoms with van der Waals surface area (Å²) >= 11 is 2.03. The van der Waals surface area contributed by atoms with Crippen LogP contribution in [-0.2, 0) is 21.7 Å². The summed E-state index contributed by atoms with van der Waals surface area (Å²) in [6.07, 6.45) is 2.42. The Bertz CT molecular complexity index is 2490. The van der Waals surface area contributed by atoms with Gasteiger partial charge in [-0.3, -0.25) is 0 Å². The van der Waals surface area contributed by atoms with Crippen molar-refractivity contribution in [2.45, 2.75) is 118 Å². The summed E-state index contributed by atoms with van der Waals surface area (Å²) in [7, 11) is 0. The van der Waals surface area contributed by atoms with Crippen molar-refractivity contribution in [1.82, 2.24) is 0 Å². The lowest BCUT2D eigenvalue weighted by Crippen LogP contribution is -2.60. The van der Waals surface area contributed by atoms with Gasteiger partial charge >= 0.3 is 0 Å². The highest BCUT2D eigenvalue weighted by Gasteiger charge is 2.46. The highest BCUT2D eigenvalue weighted by Crippen LogP contribution is 2.52. The number of benzene rings is 5. The van der Waals surface area contributed by atoms with Crippen LogP contribution in [0, 0.1) is 13.8 Å². The Morgan fingerprint density at radius 2 is 1.11 bits per heavy atom. The molecule has 0 amide bonds. The van der Waals surface area contributed by atoms with Gasteiger partial charge in [-0.2, -0.15) is 0 Å². The predicted octanol–water partition coefficient (Wildman–Crippen LogP) is 12.5. The molecular formula is C50H55BN2S. The second-order valence-corrected chi connectivity index (χ2v) is 21.0. The number of fused-ring (bicyclic) bond motifs is 7. The summed E-state index contributed by atoms with van der Waals surface area (Å²) in [5.74, 6) is 0. The monoisotopic (exact) mass is 726 g/mol. The van der Waals surface area contributed by atoms with E-state index in [1.165, 1.54) is 106 Å². The summed E-state index contributed by atoms with van der Waals surface area (Å²) in [5.41, 5.74) is 19.2. The third kappa shape index (κ3) is 5.34. The van der Waals surface area contributed by atoms with Crippen molar-refractivity contribution in [3.8, 4) is 0 Å². The molecule has 9 rings (SSSR count). The van der Waals surface area contributed by atoms with Gasteiger partial charge in [-0.25, -0.2) is 0 Å². The molecule has 1 aliphatic carbocycles. The SMILES string of the molecule is Cc1ccc(N2c3cc(C)cc4c3B(c3ccc(C(C)(C)C)cc3N4c3ccc(C(C)(C)C)cc3)c3sc4cc5c(cc4c32)C(C)(C)CCC5(C)C)cc1. The minimum atomic E-state index is 0.0189. The van der Waals surface area contributed by atoms with E-state index in [0.717, 1.165) is 0 Å². The molecular weight excluding hydrogens is 671 g/mol. The molecule has 0 spiro atoms. The molecule has 5 aromatic carbocycles. The van der Waals surface area contributed by atoms with Crippen LogP contribution in [0.2, 0.25) is 0 Å². The minimum absolute atomic E-state index is 0.0189. The summed E-state index contributed by atoms with van der Waals surface area (Å²) < 4.78 is 2.86. The van der Waals surface area contributed by atoms with Crippen molar-refractivity contribution in [2.24, 2.45) is 0 Å². The molecule has 0 atom stereocenters. The van der Waals surface area contributed by atoms with Crippen molar-refractivity contribution in [3.63, 3.8) is 0 Å². The number of hydrogen-bond donors (Lipinski definition) is 0. The van der Waals surface area contributed by atoms with E-state index in [0.29, 0.717) is 0 Å². The van der Waals surface area contributed by atoms with Gasteiger partial charge in [0.2, 0.25) is 0 Å². The second-order valence-electron chi connectivity index (χ2n) is 20.0. The number of nitrogens with zero attached hydrogens (tertiary/aromatic N) is 2. The average molecular weight is 727 g/mol. The first kappa shape index (κ1) is 35.4. The molecule has 6 aromatic rings. The van der Waals surface area contributed by atoms with Crippen LogP contribution in [-0.4, -0.2) is 6.71 Å². The Kier molecular flexibility index (Phi) is 7.62. The van der Waals surface area contributed by atoms with Crippen LogP contribution in [0.1, 0.15) is 115 Å². The van der Waals surface area contributed by atoms with Gasteiger partial charge in [0.15, 0.2) is 0 Å². The van der Waals surface area contributed by atoms with Gasteiger partial charge in [0.1, 0.15) is 0 Å². The molecule has 0 radical (unpaired) electrons. The molecule has 1 aromatic heterocycles. The fraction of sp³-hybridized carbons (Fsp3) is 0.360. The second kappa shape index (κ2) is 11.6. The van der Waals surface area contributed by atoms with Gasteiger partial charge in [0.05, 0.1) is 5.69 Å². The van der Waals surface area contributed by atoms with Crippen LogP contribution in [0.25, 0.3) is 10.1 Å². The largest absolute Gasteiger partial charge is 0.311 e. The summed E-state index contributed by atoms with van der Waals surface area (Å²) in [6, 6.07) is 36.1. The normalized spacial score (nSPS) is 16.9. The van der Waals surface area contributed by atoms with E-state index in [-0.39, 0.29) is 28.4 Å². The van der Waals surface area contributed by atoms with Gasteiger partial charge < -0.3 is 9.80 Å². The maximum atomic E-state index is 2.62. The molecule has 274 valence electrons. The topological polar surface area (TPSA) is 6.48 Å². The Labute approximate surface area is 328 Å². The maximum Gasteiger partial charge on any atom is 0.264 e. The van der Waals surface area contributed by atoms with Crippen LogP contribution in [0.15, 0.2) is 91.0 Å². The Balaban J connectivity index is 1.39. The molecule has 3 aliphatic rings. The molecule has 0 bridgehead atoms. The van der Waals surface area contributed by atoms with E-state index >= 15 is 0 Å². The van der Waals surface area contributed by atoms with Crippen molar-refractivity contribution in [2.75, 3.05) is 9.80 Å². The third-order valence-corrected chi connectivity index (χ3v) is 14.1. The Morgan fingerprint density at radius 3 is 1.72 bits per heavy atom. The number of aryl methyl sites for hydroxylation is 2. The predicted molar refractivity (Wildman–Crippen MR) is 238 cm³/mol. The Hall–Kier alpha value is -4.28. The Morgan fingerprint density at radius 1 is 0.574 bits per heavy atom. The maximum absolute atomic E-state index is 2.62. The van der Waals surface area contributed by atoms with Crippen LogP contribution in [0.3, 0.4) is 0 Å². The number of hydrogen-bond acceptors (Lipinski definition) is 3. The molecule has 0 unspecified atom stereocenters. The zero-order valence-corrected chi connectivity index (χ0v) is 35.3. The average Bonchev–Trinajstić information content (AvgIpc) is 3.47. The number of anilines is 6. The molecule has 0 saturated heterocycles. The van der Waals surface area contributed by atoms with E-state index in [1.807, 2.05) is 11.3 Å². The third-order valence-electron chi connectivity index (χ3n) is 12.9. The fourth-order valence-corrected chi connectivity index (χ4v) is 10.8. The lowest BCUT2D eigenvalue weighted by Gasteiger charge is -2.44. The lowest BCUT2D eigenvalue weighted by atomic mass is 9.36. The van der Waals surface area contributed by atoms with Crippen LogP contribution < -0.4 is 25.5 Å². The summed E-state index contributed by atoms with van der Waals surface area (Å²) in [5, 5.41) is 1.39. The van der Waals surface area contributed by atoms with Crippen LogP contribution >= 0.6 is 11.3 Å². The molecule has 0 fully saturated rings. The van der Waals surface area contributed by atoms with Gasteiger partial charge in [0.25, 0.3) is 6.71 Å². The van der Waals surface area contributed by atoms with E-state index in [2.05, 4.69) is 184 Å². The highest BCUT2D eigenvalue weighted by atomic mass is 32.1. The first-order chi connectivity index (χ1) is 25.3. The van der Waals surface area contributed by atoms with Crippen molar-refractivity contribution >= 4 is 78.0 Å². The molecule has 2 nitrogen and oxygen atoms in total. The van der Waals surface area contributed by atoms with Gasteiger partial charge in [0, 0.05) is 43.3 Å². The molecule has 54 heavy (non-hydrogen) atoms. The van der Waals surface area contributed by atoms with E-state index < -0.39 is 0 Å². The van der Waals surface area contributed by atoms with Crippen LogP contribution in [0.4, 0.5) is 34.1 Å². The van der Waals surface area contributed by atoms with Gasteiger partial charge in [-0.05, 0) is 142 Å². The van der Waals surface area contributed by atoms with E-state index in [1.54, 1.807) is 0 Å². The molecule has 2 aliphatic heterocycles. The minimum Gasteiger partial charge on any atom is -0.311 e. The zero-order chi connectivity index (χ0) is 38.3. The molecule has 3 heterocycles. The number of thiophene rings is 1. The van der Waals surface area contributed by atoms with Crippen molar-refractivity contribution in [1.29, 1.82) is 0 Å². The van der Waals surface area contributed by atoms with Gasteiger partial charge in [-0.1, -0.05) is 111 Å². The first-order valence-corrected chi connectivity index (χ1v) is 20.8. The fourth-order valence-electron chi connectivity index (χ4n) is 9.49. The zero-order valence-electron chi connectivity index (χ0n) is 34.5. The van der Waals surface area contributed by atoms with Gasteiger partial charge in [-0.15, -0.1) is 11.3 Å². The standard InChI is InChI=1S/C50H55BN2S/c1-30-13-18-35(19-14-30)53-42-26-31(2)25-41-44(42)51(46-45(53)36-28-37-38(29-43(36)54-46)50(11,12)24-23-49(37,9)10)39-22-17-33(48(6,7)8)27-40(39)52(41)34-20-15-32(16-21-34)47(3,4)5/h13-22,25-29H,23-24H2,1-12H3. The van der Waals surface area contributed by atoms with Crippen molar-refractivity contribution < 1.29 is 0 Å². The van der Waals surface area contributed by atoms with E-state index in [4.69, 9.17) is 0 Å². The lowest BCUT2D eigenvalue weighted by molar-refractivity contribution is 0.332. The smallest absolute Gasteiger partial charge is 0.264 e. The summed E-state index contributed by atoms with van der Waals surface area (Å²) in [4.78, 5) is 5.20. The first-order valence-electron chi connectivity index (χ1n) is 20.0. The highest BCUT2D eigenvalue weighted by molar-refractivity contribution is 7.33. The molecule has 4 heteroatoms. The van der Waals surface area contributed by atoms with E-state index in [9.17, 15) is 0 Å².